The van der Waals surface area contributed by atoms with Crippen LogP contribution in [-0.4, -0.2) is 62.5 Å². The normalized spacial score (nSPS) is 14.3. The highest BCUT2D eigenvalue weighted by molar-refractivity contribution is 7.99. The van der Waals surface area contributed by atoms with Crippen molar-refractivity contribution in [2.45, 2.75) is 11.6 Å². The van der Waals surface area contributed by atoms with Crippen molar-refractivity contribution in [1.29, 1.82) is 0 Å². The fourth-order valence-corrected chi connectivity index (χ4v) is 5.45. The number of rotatable bonds is 6. The minimum Gasteiger partial charge on any atom is -0.346 e. The van der Waals surface area contributed by atoms with Gasteiger partial charge >= 0.3 is 0 Å². The van der Waals surface area contributed by atoms with Crippen molar-refractivity contribution in [3.8, 4) is 17.1 Å². The largest absolute Gasteiger partial charge is 0.346 e. The Hall–Kier alpha value is -3.17. The highest BCUT2D eigenvalue weighted by atomic mass is 32.2. The number of para-hydroxylation sites is 1. The monoisotopic (exact) mass is 476 g/mol. The van der Waals surface area contributed by atoms with Crippen LogP contribution in [0.1, 0.15) is 6.42 Å². The van der Waals surface area contributed by atoms with E-state index in [2.05, 4.69) is 20.1 Å². The fourth-order valence-electron chi connectivity index (χ4n) is 3.90. The number of anilines is 1. The minimum atomic E-state index is 0.130. The van der Waals surface area contributed by atoms with Gasteiger partial charge in [0.15, 0.2) is 16.1 Å². The molecule has 3 heterocycles. The molecule has 4 aromatic rings. The van der Waals surface area contributed by atoms with Gasteiger partial charge < -0.3 is 9.80 Å². The van der Waals surface area contributed by atoms with Crippen molar-refractivity contribution in [2.75, 3.05) is 36.8 Å². The summed E-state index contributed by atoms with van der Waals surface area (Å²) in [5.41, 5.74) is 1.96. The molecule has 0 atom stereocenters. The predicted molar refractivity (Wildman–Crippen MR) is 133 cm³/mol. The summed E-state index contributed by atoms with van der Waals surface area (Å²) in [6.45, 7) is 3.21. The van der Waals surface area contributed by atoms with Gasteiger partial charge in [0.2, 0.25) is 5.91 Å². The second kappa shape index (κ2) is 10.2. The van der Waals surface area contributed by atoms with E-state index < -0.39 is 0 Å². The number of carbonyl (C=O) groups is 1. The summed E-state index contributed by atoms with van der Waals surface area (Å²) in [5.74, 6) is 1.23. The van der Waals surface area contributed by atoms with E-state index in [0.29, 0.717) is 17.5 Å². The summed E-state index contributed by atoms with van der Waals surface area (Å²) in [6.07, 6.45) is 2.77. The standard InChI is InChI=1S/C24H24N6OS2/c31-21(28-13-7-14-29(16-15-28)23-25-12-17-32-23)18-33-24-27-26-22(19-8-3-1-4-9-19)30(24)20-10-5-2-6-11-20/h1-6,8-12,17H,7,13-16,18H2. The smallest absolute Gasteiger partial charge is 0.233 e. The molecule has 2 aromatic carbocycles. The SMILES string of the molecule is O=C(CSc1nnc(-c2ccccc2)n1-c1ccccc1)N1CCCN(c2nccs2)CC1. The molecular weight excluding hydrogens is 452 g/mol. The number of carbonyl (C=O) groups excluding carboxylic acids is 1. The van der Waals surface area contributed by atoms with Crippen molar-refractivity contribution in [3.05, 3.63) is 72.2 Å². The summed E-state index contributed by atoms with van der Waals surface area (Å²) < 4.78 is 2.03. The van der Waals surface area contributed by atoms with E-state index in [1.165, 1.54) is 11.8 Å². The van der Waals surface area contributed by atoms with Crippen molar-refractivity contribution in [2.24, 2.45) is 0 Å². The number of amides is 1. The molecule has 1 aliphatic rings. The van der Waals surface area contributed by atoms with Crippen LogP contribution in [0.15, 0.2) is 77.4 Å². The summed E-state index contributed by atoms with van der Waals surface area (Å²) >= 11 is 3.08. The topological polar surface area (TPSA) is 67.2 Å². The summed E-state index contributed by atoms with van der Waals surface area (Å²) in [7, 11) is 0. The van der Waals surface area contributed by atoms with E-state index >= 15 is 0 Å². The molecule has 0 saturated carbocycles. The molecule has 0 unspecified atom stereocenters. The lowest BCUT2D eigenvalue weighted by Gasteiger charge is -2.21. The van der Waals surface area contributed by atoms with Crippen LogP contribution < -0.4 is 4.90 Å². The molecule has 1 amide bonds. The zero-order valence-corrected chi connectivity index (χ0v) is 19.7. The van der Waals surface area contributed by atoms with E-state index in [1.807, 2.05) is 81.7 Å². The van der Waals surface area contributed by atoms with Crippen LogP contribution in [0.5, 0.6) is 0 Å². The second-order valence-electron chi connectivity index (χ2n) is 7.67. The lowest BCUT2D eigenvalue weighted by molar-refractivity contribution is -0.128. The molecular formula is C24H24N6OS2. The zero-order chi connectivity index (χ0) is 22.5. The molecule has 0 spiro atoms. The molecule has 168 valence electrons. The number of aromatic nitrogens is 4. The van der Waals surface area contributed by atoms with Crippen molar-refractivity contribution in [3.63, 3.8) is 0 Å². The Labute approximate surface area is 201 Å². The molecule has 33 heavy (non-hydrogen) atoms. The zero-order valence-electron chi connectivity index (χ0n) is 18.1. The van der Waals surface area contributed by atoms with Gasteiger partial charge in [0.05, 0.1) is 5.75 Å². The third kappa shape index (κ3) is 4.94. The van der Waals surface area contributed by atoms with E-state index in [0.717, 1.165) is 48.3 Å². The Balaban J connectivity index is 1.30. The van der Waals surface area contributed by atoms with Crippen LogP contribution in [0.25, 0.3) is 17.1 Å². The molecule has 1 fully saturated rings. The first kappa shape index (κ1) is 21.7. The highest BCUT2D eigenvalue weighted by Gasteiger charge is 2.22. The van der Waals surface area contributed by atoms with Crippen molar-refractivity contribution < 1.29 is 4.79 Å². The fraction of sp³-hybridized carbons (Fsp3) is 0.250. The first-order valence-corrected chi connectivity index (χ1v) is 12.8. The molecule has 5 rings (SSSR count). The third-order valence-electron chi connectivity index (χ3n) is 5.54. The van der Waals surface area contributed by atoms with Crippen molar-refractivity contribution >= 4 is 34.1 Å². The third-order valence-corrected chi connectivity index (χ3v) is 7.29. The van der Waals surface area contributed by atoms with Gasteiger partial charge in [-0.15, -0.1) is 21.5 Å². The van der Waals surface area contributed by atoms with Gasteiger partial charge in [0.1, 0.15) is 0 Å². The Kier molecular flexibility index (Phi) is 6.68. The second-order valence-corrected chi connectivity index (χ2v) is 9.48. The lowest BCUT2D eigenvalue weighted by Crippen LogP contribution is -2.36. The molecule has 7 nitrogen and oxygen atoms in total. The first-order valence-electron chi connectivity index (χ1n) is 10.9. The van der Waals surface area contributed by atoms with Gasteiger partial charge in [-0.05, 0) is 18.6 Å². The van der Waals surface area contributed by atoms with E-state index in [1.54, 1.807) is 11.3 Å². The number of nitrogens with zero attached hydrogens (tertiary/aromatic N) is 6. The summed E-state index contributed by atoms with van der Waals surface area (Å²) in [6, 6.07) is 20.0. The van der Waals surface area contributed by atoms with E-state index in [9.17, 15) is 4.79 Å². The summed E-state index contributed by atoms with van der Waals surface area (Å²) in [4.78, 5) is 21.7. The number of benzene rings is 2. The maximum Gasteiger partial charge on any atom is 0.233 e. The molecule has 1 aliphatic heterocycles. The molecule has 0 aliphatic carbocycles. The Morgan fingerprint density at radius 2 is 1.73 bits per heavy atom. The van der Waals surface area contributed by atoms with Crippen LogP contribution in [0.2, 0.25) is 0 Å². The van der Waals surface area contributed by atoms with Crippen LogP contribution >= 0.6 is 23.1 Å². The quantitative estimate of drug-likeness (QED) is 0.388. The average Bonchev–Trinajstić information content (AvgIpc) is 3.49. The molecule has 1 saturated heterocycles. The van der Waals surface area contributed by atoms with E-state index in [4.69, 9.17) is 0 Å². The number of thiazole rings is 1. The van der Waals surface area contributed by atoms with Gasteiger partial charge in [-0.3, -0.25) is 9.36 Å². The summed E-state index contributed by atoms with van der Waals surface area (Å²) in [5, 5.41) is 12.6. The number of hydrogen-bond donors (Lipinski definition) is 0. The Morgan fingerprint density at radius 3 is 2.48 bits per heavy atom. The minimum absolute atomic E-state index is 0.130. The molecule has 0 radical (unpaired) electrons. The van der Waals surface area contributed by atoms with Crippen LogP contribution in [0.4, 0.5) is 5.13 Å². The van der Waals surface area contributed by atoms with Gasteiger partial charge in [-0.25, -0.2) is 4.98 Å². The van der Waals surface area contributed by atoms with Gasteiger partial charge in [0.25, 0.3) is 0 Å². The van der Waals surface area contributed by atoms with Crippen LogP contribution in [0, 0.1) is 0 Å². The molecule has 2 aromatic heterocycles. The molecule has 9 heteroatoms. The van der Waals surface area contributed by atoms with Crippen molar-refractivity contribution in [1.82, 2.24) is 24.6 Å². The van der Waals surface area contributed by atoms with Crippen LogP contribution in [-0.2, 0) is 4.79 Å². The number of hydrogen-bond acceptors (Lipinski definition) is 7. The van der Waals surface area contributed by atoms with Gasteiger partial charge in [-0.1, -0.05) is 60.3 Å². The predicted octanol–water partition coefficient (Wildman–Crippen LogP) is 4.22. The van der Waals surface area contributed by atoms with Crippen LogP contribution in [0.3, 0.4) is 0 Å². The lowest BCUT2D eigenvalue weighted by atomic mass is 10.2. The highest BCUT2D eigenvalue weighted by Crippen LogP contribution is 2.28. The van der Waals surface area contributed by atoms with Gasteiger partial charge in [0, 0.05) is 49.0 Å². The van der Waals surface area contributed by atoms with Gasteiger partial charge in [-0.2, -0.15) is 0 Å². The Bertz CT molecular complexity index is 1180. The maximum atomic E-state index is 13.1. The molecule has 0 N–H and O–H groups in total. The average molecular weight is 477 g/mol. The number of thioether (sulfide) groups is 1. The maximum absolute atomic E-state index is 13.1. The first-order chi connectivity index (χ1) is 16.3. The Morgan fingerprint density at radius 1 is 0.939 bits per heavy atom. The van der Waals surface area contributed by atoms with E-state index in [-0.39, 0.29) is 5.91 Å². The molecule has 0 bridgehead atoms.